The second-order valence-corrected chi connectivity index (χ2v) is 8.00. The third-order valence-corrected chi connectivity index (χ3v) is 4.70. The maximum Gasteiger partial charge on any atom is 0.419 e. The van der Waals surface area contributed by atoms with Crippen molar-refractivity contribution in [3.63, 3.8) is 0 Å². The number of nitrogens with one attached hydrogen (secondary N) is 1. The molecule has 0 fully saturated rings. The molecule has 4 rings (SSSR count). The lowest BCUT2D eigenvalue weighted by molar-refractivity contribution is 0.0544. The molecular weight excluding hydrogens is 364 g/mol. The van der Waals surface area contributed by atoms with Gasteiger partial charge in [0.25, 0.3) is 0 Å². The molecule has 0 aliphatic carbocycles. The van der Waals surface area contributed by atoms with E-state index in [4.69, 9.17) is 10.6 Å². The number of carbonyl (C=O) groups excluding carboxylic acids is 1. The monoisotopic (exact) mass is 388 g/mol. The molecule has 6 heteroatoms. The van der Waals surface area contributed by atoms with Crippen LogP contribution in [0.2, 0.25) is 0 Å². The molecule has 2 aromatic carbocycles. The number of carbonyl (C=O) groups is 1. The highest BCUT2D eigenvalue weighted by atomic mass is 16.6. The van der Waals surface area contributed by atoms with Crippen molar-refractivity contribution >= 4 is 27.9 Å². The van der Waals surface area contributed by atoms with Crippen molar-refractivity contribution in [2.75, 3.05) is 0 Å². The van der Waals surface area contributed by atoms with Crippen LogP contribution >= 0.6 is 0 Å². The number of fused-ring (bicyclic) bond motifs is 2. The van der Waals surface area contributed by atoms with E-state index in [-0.39, 0.29) is 0 Å². The Hall–Kier alpha value is -3.22. The van der Waals surface area contributed by atoms with Gasteiger partial charge in [-0.1, -0.05) is 30.3 Å². The van der Waals surface area contributed by atoms with Crippen LogP contribution in [0.5, 0.6) is 0 Å². The van der Waals surface area contributed by atoms with E-state index in [0.29, 0.717) is 6.54 Å². The highest BCUT2D eigenvalue weighted by Gasteiger charge is 2.22. The average molecular weight is 388 g/mol. The van der Waals surface area contributed by atoms with Gasteiger partial charge in [0.2, 0.25) is 0 Å². The molecule has 0 unspecified atom stereocenters. The Labute approximate surface area is 169 Å². The Bertz CT molecular complexity index is 1200. The van der Waals surface area contributed by atoms with Crippen molar-refractivity contribution < 1.29 is 9.53 Å². The predicted octanol–water partition coefficient (Wildman–Crippen LogP) is 4.60. The largest absolute Gasteiger partial charge is 0.443 e. The molecule has 0 saturated heterocycles. The number of pyridine rings is 1. The second-order valence-electron chi connectivity index (χ2n) is 8.00. The van der Waals surface area contributed by atoms with Gasteiger partial charge in [-0.3, -0.25) is 20.8 Å². The minimum atomic E-state index is -0.589. The lowest BCUT2D eigenvalue weighted by Crippen LogP contribution is -2.26. The van der Waals surface area contributed by atoms with E-state index in [1.54, 1.807) is 4.57 Å². The van der Waals surface area contributed by atoms with Gasteiger partial charge in [-0.2, -0.15) is 0 Å². The number of nitrogens with two attached hydrogens (primary N) is 1. The Morgan fingerprint density at radius 2 is 1.97 bits per heavy atom. The molecule has 0 aliphatic heterocycles. The number of ether oxygens (including phenoxy) is 1. The maximum absolute atomic E-state index is 12.9. The quantitative estimate of drug-likeness (QED) is 0.396. The van der Waals surface area contributed by atoms with E-state index >= 15 is 0 Å². The van der Waals surface area contributed by atoms with E-state index in [1.165, 1.54) is 0 Å². The summed E-state index contributed by atoms with van der Waals surface area (Å²) in [5.41, 5.74) is 6.67. The summed E-state index contributed by atoms with van der Waals surface area (Å²) in [6, 6.07) is 15.9. The van der Waals surface area contributed by atoms with Crippen molar-refractivity contribution in [1.29, 1.82) is 0 Å². The Morgan fingerprint density at radius 3 is 2.72 bits per heavy atom. The number of hydrazine groups is 1. The van der Waals surface area contributed by atoms with Crippen LogP contribution in [0, 0.1) is 0 Å². The zero-order chi connectivity index (χ0) is 20.6. The van der Waals surface area contributed by atoms with Gasteiger partial charge in [-0.15, -0.1) is 0 Å². The normalized spacial score (nSPS) is 11.9. The van der Waals surface area contributed by atoms with E-state index < -0.39 is 11.7 Å². The summed E-state index contributed by atoms with van der Waals surface area (Å²) in [4.78, 5) is 17.5. The average Bonchev–Trinajstić information content (AvgIpc) is 3.07. The number of benzene rings is 2. The minimum absolute atomic E-state index is 0.416. The zero-order valence-electron chi connectivity index (χ0n) is 16.8. The lowest BCUT2D eigenvalue weighted by Gasteiger charge is -2.19. The van der Waals surface area contributed by atoms with Gasteiger partial charge >= 0.3 is 6.09 Å². The van der Waals surface area contributed by atoms with Crippen LogP contribution in [-0.2, 0) is 11.3 Å². The fourth-order valence-electron chi connectivity index (χ4n) is 3.52. The summed E-state index contributed by atoms with van der Waals surface area (Å²) in [6.07, 6.45) is 3.24. The number of hydrogen-bond donors (Lipinski definition) is 2. The first kappa shape index (κ1) is 19.1. The summed E-state index contributed by atoms with van der Waals surface area (Å²) < 4.78 is 7.18. The standard InChI is InChI=1S/C23H24N4O2/c1-23(2,3)29-22(28)27-14-18(21-16(13-26-24)8-6-10-20(21)27)17-11-15-7-4-5-9-19(15)25-12-17/h4-12,14,26H,13,24H2,1-3H3. The molecule has 0 radical (unpaired) electrons. The fourth-order valence-corrected chi connectivity index (χ4v) is 3.52. The number of hydrogen-bond acceptors (Lipinski definition) is 5. The first-order valence-electron chi connectivity index (χ1n) is 9.52. The minimum Gasteiger partial charge on any atom is -0.443 e. The highest BCUT2D eigenvalue weighted by Crippen LogP contribution is 2.34. The van der Waals surface area contributed by atoms with Crippen LogP contribution in [-0.4, -0.2) is 21.2 Å². The van der Waals surface area contributed by atoms with Gasteiger partial charge in [0.05, 0.1) is 11.0 Å². The van der Waals surface area contributed by atoms with Gasteiger partial charge in [0.1, 0.15) is 5.60 Å². The fraction of sp³-hybridized carbons (Fsp3) is 0.217. The molecule has 0 atom stereocenters. The van der Waals surface area contributed by atoms with Gasteiger partial charge in [0, 0.05) is 40.8 Å². The van der Waals surface area contributed by atoms with Gasteiger partial charge in [0.15, 0.2) is 0 Å². The smallest absolute Gasteiger partial charge is 0.419 e. The molecule has 0 saturated carbocycles. The second kappa shape index (κ2) is 7.31. The summed E-state index contributed by atoms with van der Waals surface area (Å²) in [5.74, 6) is 5.60. The van der Waals surface area contributed by atoms with Crippen molar-refractivity contribution in [2.24, 2.45) is 5.84 Å². The highest BCUT2D eigenvalue weighted by molar-refractivity contribution is 6.03. The number of rotatable bonds is 3. The van der Waals surface area contributed by atoms with Crippen molar-refractivity contribution in [3.05, 3.63) is 66.5 Å². The van der Waals surface area contributed by atoms with E-state index in [0.717, 1.165) is 38.5 Å². The Balaban J connectivity index is 1.95. The molecule has 0 aliphatic rings. The molecular formula is C23H24N4O2. The van der Waals surface area contributed by atoms with Crippen molar-refractivity contribution in [3.8, 4) is 11.1 Å². The molecule has 0 amide bonds. The van der Waals surface area contributed by atoms with Crippen LogP contribution in [0.1, 0.15) is 26.3 Å². The molecule has 6 nitrogen and oxygen atoms in total. The van der Waals surface area contributed by atoms with E-state index in [9.17, 15) is 4.79 Å². The first-order valence-corrected chi connectivity index (χ1v) is 9.52. The molecule has 0 bridgehead atoms. The van der Waals surface area contributed by atoms with Gasteiger partial charge < -0.3 is 4.74 Å². The van der Waals surface area contributed by atoms with Crippen LogP contribution in [0.4, 0.5) is 4.79 Å². The maximum atomic E-state index is 12.9. The summed E-state index contributed by atoms with van der Waals surface area (Å²) in [7, 11) is 0. The van der Waals surface area contributed by atoms with Crippen LogP contribution in [0.25, 0.3) is 32.9 Å². The van der Waals surface area contributed by atoms with Crippen molar-refractivity contribution in [2.45, 2.75) is 32.9 Å². The Kier molecular flexibility index (Phi) is 4.82. The number of aromatic nitrogens is 2. The lowest BCUT2D eigenvalue weighted by atomic mass is 10.0. The van der Waals surface area contributed by atoms with Gasteiger partial charge in [-0.05, 0) is 44.5 Å². The molecule has 2 aromatic heterocycles. The molecule has 148 valence electrons. The summed E-state index contributed by atoms with van der Waals surface area (Å²) >= 11 is 0. The van der Waals surface area contributed by atoms with Crippen LogP contribution < -0.4 is 11.3 Å². The summed E-state index contributed by atoms with van der Waals surface area (Å²) in [5, 5.41) is 1.99. The van der Waals surface area contributed by atoms with E-state index in [2.05, 4.69) is 16.5 Å². The molecule has 4 aromatic rings. The van der Waals surface area contributed by atoms with Gasteiger partial charge in [-0.25, -0.2) is 4.79 Å². The third-order valence-electron chi connectivity index (χ3n) is 4.70. The topological polar surface area (TPSA) is 82.2 Å². The van der Waals surface area contributed by atoms with Crippen molar-refractivity contribution in [1.82, 2.24) is 15.0 Å². The number of nitrogens with zero attached hydrogens (tertiary/aromatic N) is 2. The molecule has 0 spiro atoms. The molecule has 3 N–H and O–H groups in total. The molecule has 2 heterocycles. The SMILES string of the molecule is CC(C)(C)OC(=O)n1cc(-c2cnc3ccccc3c2)c2c(CNN)cccc21. The third kappa shape index (κ3) is 3.72. The summed E-state index contributed by atoms with van der Waals surface area (Å²) in [6.45, 7) is 6.04. The first-order chi connectivity index (χ1) is 13.9. The van der Waals surface area contributed by atoms with Crippen LogP contribution in [0.3, 0.4) is 0 Å². The molecule has 29 heavy (non-hydrogen) atoms. The van der Waals surface area contributed by atoms with Crippen LogP contribution in [0.15, 0.2) is 60.9 Å². The van der Waals surface area contributed by atoms with E-state index in [1.807, 2.05) is 75.6 Å². The number of para-hydroxylation sites is 1. The zero-order valence-corrected chi connectivity index (χ0v) is 16.8. The Morgan fingerprint density at radius 1 is 1.17 bits per heavy atom. The predicted molar refractivity (Wildman–Crippen MR) is 115 cm³/mol.